The Morgan fingerprint density at radius 2 is 2.05 bits per heavy atom. The lowest BCUT2D eigenvalue weighted by atomic mass is 10.0. The fourth-order valence-corrected chi connectivity index (χ4v) is 2.61. The number of hydrogen-bond donors (Lipinski definition) is 0. The minimum Gasteiger partial charge on any atom is -0.370 e. The number of carbonyl (C=O) groups excluding carboxylic acids is 1. The summed E-state index contributed by atoms with van der Waals surface area (Å²) < 4.78 is 5.82. The summed E-state index contributed by atoms with van der Waals surface area (Å²) >= 11 is 0. The molecule has 1 heterocycles. The van der Waals surface area contributed by atoms with Gasteiger partial charge in [-0.15, -0.1) is 0 Å². The maximum Gasteiger partial charge on any atom is 0.225 e. The molecule has 1 saturated heterocycles. The van der Waals surface area contributed by atoms with Gasteiger partial charge in [0.2, 0.25) is 5.91 Å². The average molecular weight is 259 g/mol. The van der Waals surface area contributed by atoms with Gasteiger partial charge < -0.3 is 9.64 Å². The maximum absolute atomic E-state index is 12.1. The molecule has 1 atom stereocenters. The predicted octanol–water partition coefficient (Wildman–Crippen LogP) is 2.56. The quantitative estimate of drug-likeness (QED) is 0.835. The van der Waals surface area contributed by atoms with Crippen molar-refractivity contribution < 1.29 is 9.53 Å². The highest BCUT2D eigenvalue weighted by Gasteiger charge is 2.35. The van der Waals surface area contributed by atoms with Crippen LogP contribution in [0.25, 0.3) is 0 Å². The third-order valence-corrected chi connectivity index (χ3v) is 4.06. The third-order valence-electron chi connectivity index (χ3n) is 4.06. The molecule has 1 aliphatic carbocycles. The Hall–Kier alpha value is -1.35. The van der Waals surface area contributed by atoms with E-state index in [1.807, 2.05) is 4.90 Å². The van der Waals surface area contributed by atoms with E-state index in [-0.39, 0.29) is 6.10 Å². The van der Waals surface area contributed by atoms with Crippen LogP contribution in [0.15, 0.2) is 24.3 Å². The minimum absolute atomic E-state index is 0.0438. The lowest BCUT2D eigenvalue weighted by Gasteiger charge is -2.33. The first kappa shape index (κ1) is 12.7. The molecule has 0 radical (unpaired) electrons. The van der Waals surface area contributed by atoms with Crippen LogP contribution < -0.4 is 0 Å². The Balaban J connectivity index is 1.67. The molecule has 0 spiro atoms. The van der Waals surface area contributed by atoms with Crippen LogP contribution in [0.4, 0.5) is 0 Å². The topological polar surface area (TPSA) is 29.5 Å². The summed E-state index contributed by atoms with van der Waals surface area (Å²) in [6.07, 6.45) is 3.25. The smallest absolute Gasteiger partial charge is 0.225 e. The lowest BCUT2D eigenvalue weighted by Crippen LogP contribution is -2.43. The molecule has 0 aromatic heterocycles. The molecule has 1 amide bonds. The van der Waals surface area contributed by atoms with Crippen molar-refractivity contribution in [1.82, 2.24) is 4.90 Å². The largest absolute Gasteiger partial charge is 0.370 e. The van der Waals surface area contributed by atoms with E-state index in [1.165, 1.54) is 11.1 Å². The fourth-order valence-electron chi connectivity index (χ4n) is 2.61. The summed E-state index contributed by atoms with van der Waals surface area (Å²) in [5.41, 5.74) is 2.52. The van der Waals surface area contributed by atoms with E-state index in [4.69, 9.17) is 4.74 Å². The van der Waals surface area contributed by atoms with Gasteiger partial charge in [-0.05, 0) is 30.4 Å². The van der Waals surface area contributed by atoms with Crippen LogP contribution in [0, 0.1) is 5.92 Å². The van der Waals surface area contributed by atoms with Crippen molar-refractivity contribution in [2.24, 2.45) is 5.92 Å². The van der Waals surface area contributed by atoms with Crippen LogP contribution in [0.2, 0.25) is 0 Å². The molecule has 1 saturated carbocycles. The number of ether oxygens (including phenoxy) is 1. The van der Waals surface area contributed by atoms with Crippen molar-refractivity contribution in [3.63, 3.8) is 0 Å². The second kappa shape index (κ2) is 5.33. The van der Waals surface area contributed by atoms with Gasteiger partial charge >= 0.3 is 0 Å². The summed E-state index contributed by atoms with van der Waals surface area (Å²) in [7, 11) is 0. The van der Waals surface area contributed by atoms with E-state index in [0.29, 0.717) is 25.0 Å². The summed E-state index contributed by atoms with van der Waals surface area (Å²) in [4.78, 5) is 14.1. The normalized spacial score (nSPS) is 23.4. The highest BCUT2D eigenvalue weighted by Crippen LogP contribution is 2.33. The van der Waals surface area contributed by atoms with Gasteiger partial charge in [0.25, 0.3) is 0 Å². The number of carbonyl (C=O) groups is 1. The van der Waals surface area contributed by atoms with Crippen molar-refractivity contribution in [3.8, 4) is 0 Å². The minimum atomic E-state index is 0.0438. The molecule has 3 nitrogen and oxygen atoms in total. The Morgan fingerprint density at radius 1 is 1.32 bits per heavy atom. The Morgan fingerprint density at radius 3 is 2.68 bits per heavy atom. The molecular weight excluding hydrogens is 238 g/mol. The molecule has 0 unspecified atom stereocenters. The number of amides is 1. The van der Waals surface area contributed by atoms with E-state index in [9.17, 15) is 4.79 Å². The molecule has 1 aromatic rings. The summed E-state index contributed by atoms with van der Waals surface area (Å²) in [5, 5.41) is 0. The summed E-state index contributed by atoms with van der Waals surface area (Å²) in [5.74, 6) is 0.639. The van der Waals surface area contributed by atoms with Gasteiger partial charge in [0.1, 0.15) is 6.10 Å². The van der Waals surface area contributed by atoms with E-state index >= 15 is 0 Å². The average Bonchev–Trinajstić information content (AvgIpc) is 3.31. The molecule has 2 fully saturated rings. The molecule has 3 heteroatoms. The SMILES string of the molecule is CCc1ccc([C@@H]2CN(C(=O)C3CC3)CCO2)cc1. The Labute approximate surface area is 114 Å². The van der Waals surface area contributed by atoms with Crippen LogP contribution in [0.5, 0.6) is 0 Å². The van der Waals surface area contributed by atoms with Crippen LogP contribution in [0.3, 0.4) is 0 Å². The molecule has 19 heavy (non-hydrogen) atoms. The zero-order valence-corrected chi connectivity index (χ0v) is 11.5. The van der Waals surface area contributed by atoms with Crippen molar-refractivity contribution in [2.45, 2.75) is 32.3 Å². The molecule has 2 aliphatic rings. The van der Waals surface area contributed by atoms with Crippen LogP contribution in [-0.2, 0) is 16.0 Å². The zero-order chi connectivity index (χ0) is 13.2. The van der Waals surface area contributed by atoms with E-state index in [1.54, 1.807) is 0 Å². The molecule has 1 aliphatic heterocycles. The highest BCUT2D eigenvalue weighted by molar-refractivity contribution is 5.81. The molecule has 102 valence electrons. The number of morpholine rings is 1. The van der Waals surface area contributed by atoms with Gasteiger partial charge in [-0.1, -0.05) is 31.2 Å². The standard InChI is InChI=1S/C16H21NO2/c1-2-12-3-5-13(6-4-12)15-11-17(9-10-19-15)16(18)14-7-8-14/h3-6,14-15H,2,7-11H2,1H3/t15-/m0/s1. The van der Waals surface area contributed by atoms with E-state index in [0.717, 1.165) is 25.8 Å². The highest BCUT2D eigenvalue weighted by atomic mass is 16.5. The number of rotatable bonds is 3. The molecule has 1 aromatic carbocycles. The van der Waals surface area contributed by atoms with Gasteiger partial charge in [-0.3, -0.25) is 4.79 Å². The number of benzene rings is 1. The Kier molecular flexibility index (Phi) is 3.56. The second-order valence-corrected chi connectivity index (χ2v) is 5.51. The summed E-state index contributed by atoms with van der Waals surface area (Å²) in [6.45, 7) is 4.26. The summed E-state index contributed by atoms with van der Waals surface area (Å²) in [6, 6.07) is 8.57. The van der Waals surface area contributed by atoms with Gasteiger partial charge in [0.15, 0.2) is 0 Å². The molecular formula is C16H21NO2. The van der Waals surface area contributed by atoms with Gasteiger partial charge in [-0.25, -0.2) is 0 Å². The van der Waals surface area contributed by atoms with Crippen molar-refractivity contribution in [1.29, 1.82) is 0 Å². The van der Waals surface area contributed by atoms with E-state index in [2.05, 4.69) is 31.2 Å². The first-order valence-electron chi connectivity index (χ1n) is 7.27. The van der Waals surface area contributed by atoms with Gasteiger partial charge in [0.05, 0.1) is 13.2 Å². The molecule has 0 N–H and O–H groups in total. The fraction of sp³-hybridized carbons (Fsp3) is 0.562. The van der Waals surface area contributed by atoms with Crippen molar-refractivity contribution in [3.05, 3.63) is 35.4 Å². The number of hydrogen-bond acceptors (Lipinski definition) is 2. The first-order valence-corrected chi connectivity index (χ1v) is 7.27. The number of aryl methyl sites for hydroxylation is 1. The number of nitrogens with zero attached hydrogens (tertiary/aromatic N) is 1. The predicted molar refractivity (Wildman–Crippen MR) is 73.8 cm³/mol. The van der Waals surface area contributed by atoms with Crippen LogP contribution in [0.1, 0.15) is 37.0 Å². The van der Waals surface area contributed by atoms with Crippen LogP contribution in [-0.4, -0.2) is 30.5 Å². The molecule has 0 bridgehead atoms. The maximum atomic E-state index is 12.1. The molecule has 3 rings (SSSR count). The third kappa shape index (κ3) is 2.81. The van der Waals surface area contributed by atoms with Crippen molar-refractivity contribution in [2.75, 3.05) is 19.7 Å². The van der Waals surface area contributed by atoms with Gasteiger partial charge in [-0.2, -0.15) is 0 Å². The van der Waals surface area contributed by atoms with E-state index < -0.39 is 0 Å². The lowest BCUT2D eigenvalue weighted by molar-refractivity contribution is -0.140. The second-order valence-electron chi connectivity index (χ2n) is 5.51. The monoisotopic (exact) mass is 259 g/mol. The van der Waals surface area contributed by atoms with Crippen LogP contribution >= 0.6 is 0 Å². The zero-order valence-electron chi connectivity index (χ0n) is 11.5. The van der Waals surface area contributed by atoms with Gasteiger partial charge in [0, 0.05) is 12.5 Å². The van der Waals surface area contributed by atoms with Crippen molar-refractivity contribution >= 4 is 5.91 Å². The Bertz CT molecular complexity index is 450. The first-order chi connectivity index (χ1) is 9.28.